The molecule has 30 heavy (non-hydrogen) atoms. The summed E-state index contributed by atoms with van der Waals surface area (Å²) in [7, 11) is -15.4. The van der Waals surface area contributed by atoms with Crippen molar-refractivity contribution < 1.29 is 50.8 Å². The van der Waals surface area contributed by atoms with Crippen LogP contribution in [0.5, 0.6) is 0 Å². The highest BCUT2D eigenvalue weighted by molar-refractivity contribution is 7.74. The molecular formula is C10H14N5O12P3. The lowest BCUT2D eigenvalue weighted by molar-refractivity contribution is -0.0428. The molecule has 2 saturated heterocycles. The molecule has 6 N–H and O–H groups in total. The number of imidazole rings is 1. The second-order valence-electron chi connectivity index (χ2n) is 6.13. The molecule has 2 aromatic rings. The molecule has 0 radical (unpaired) electrons. The van der Waals surface area contributed by atoms with Gasteiger partial charge in [-0.05, 0) is 0 Å². The Kier molecular flexibility index (Phi) is 5.28. The smallest absolute Gasteiger partial charge is 0.390 e. The molecule has 166 valence electrons. The van der Waals surface area contributed by atoms with Gasteiger partial charge in [0, 0.05) is 6.42 Å². The van der Waals surface area contributed by atoms with E-state index in [2.05, 4.69) is 27.9 Å². The normalized spacial score (nSPS) is 39.5. The van der Waals surface area contributed by atoms with Crippen LogP contribution in [0.2, 0.25) is 0 Å². The van der Waals surface area contributed by atoms with Gasteiger partial charge >= 0.3 is 23.5 Å². The number of nitrogens with two attached hydrogens (primary N) is 1. The minimum atomic E-state index is -5.19. The van der Waals surface area contributed by atoms with Crippen LogP contribution < -0.4 is 11.3 Å². The number of H-pyrrole nitrogens is 1. The van der Waals surface area contributed by atoms with Crippen LogP contribution in [0.25, 0.3) is 11.2 Å². The zero-order valence-corrected chi connectivity index (χ0v) is 17.2. The molecule has 0 saturated carbocycles. The molecule has 5 unspecified atom stereocenters. The number of rotatable bonds is 4. The zero-order valence-electron chi connectivity index (χ0n) is 14.5. The van der Waals surface area contributed by atoms with E-state index in [0.717, 1.165) is 0 Å². The fraction of sp³-hybridized carbons (Fsp3) is 0.500. The number of nitrogen functional groups attached to an aromatic ring is 1. The molecule has 4 heterocycles. The van der Waals surface area contributed by atoms with E-state index in [9.17, 15) is 33.4 Å². The van der Waals surface area contributed by atoms with E-state index in [0.29, 0.717) is 0 Å². The van der Waals surface area contributed by atoms with E-state index < -0.39 is 54.1 Å². The molecule has 0 bridgehead atoms. The number of aromatic amines is 1. The van der Waals surface area contributed by atoms with Crippen molar-refractivity contribution in [2.45, 2.75) is 24.9 Å². The maximum atomic E-state index is 12.3. The number of nitrogens with zero attached hydrogens (tertiary/aromatic N) is 3. The Bertz CT molecular complexity index is 1170. The summed E-state index contributed by atoms with van der Waals surface area (Å²) in [4.78, 5) is 40.4. The third-order valence-electron chi connectivity index (χ3n) is 3.97. The molecule has 0 spiro atoms. The van der Waals surface area contributed by atoms with E-state index in [1.165, 1.54) is 10.9 Å². The molecule has 0 aliphatic carbocycles. The monoisotopic (exact) mass is 489 g/mol. The van der Waals surface area contributed by atoms with Crippen molar-refractivity contribution in [1.82, 2.24) is 19.5 Å². The predicted octanol–water partition coefficient (Wildman–Crippen LogP) is -0.261. The Morgan fingerprint density at radius 1 is 1.27 bits per heavy atom. The molecule has 5 atom stereocenters. The number of phosphoric acid groups is 3. The molecule has 0 amide bonds. The van der Waals surface area contributed by atoms with Crippen LogP contribution in [0.15, 0.2) is 11.1 Å². The highest BCUT2D eigenvalue weighted by Crippen LogP contribution is 2.80. The maximum absolute atomic E-state index is 12.3. The standard InChI is InChI=1S/C10H14N5O12P3/c11-10-13-8-7(9(17)14-10)12-3-15(8)6-1-4(16)5(24-6)2-23-30(22)26-28(18,19)25-29(20,21)27-30/h3-6,16H,1-2H2,(H,18,19)(H,20,21)(H3,11,13,14,17). The van der Waals surface area contributed by atoms with Crippen molar-refractivity contribution in [2.24, 2.45) is 0 Å². The minimum Gasteiger partial charge on any atom is -0.390 e. The average Bonchev–Trinajstić information content (AvgIpc) is 3.13. The Labute approximate surface area is 165 Å². The first kappa shape index (κ1) is 21.7. The van der Waals surface area contributed by atoms with Crippen molar-refractivity contribution in [2.75, 3.05) is 12.3 Å². The van der Waals surface area contributed by atoms with Gasteiger partial charge in [-0.1, -0.05) is 0 Å². The van der Waals surface area contributed by atoms with Crippen LogP contribution in [0.3, 0.4) is 0 Å². The number of fused-ring (bicyclic) bond motifs is 1. The van der Waals surface area contributed by atoms with Crippen LogP contribution in [0.4, 0.5) is 5.95 Å². The summed E-state index contributed by atoms with van der Waals surface area (Å²) in [5.41, 5.74) is 5.01. The molecule has 0 aromatic carbocycles. The molecule has 2 aliphatic rings. The van der Waals surface area contributed by atoms with Crippen molar-refractivity contribution in [1.29, 1.82) is 0 Å². The largest absolute Gasteiger partial charge is 0.492 e. The number of hydrogen-bond acceptors (Lipinski definition) is 13. The summed E-state index contributed by atoms with van der Waals surface area (Å²) in [6.45, 7) is -0.724. The highest BCUT2D eigenvalue weighted by atomic mass is 31.3. The first-order chi connectivity index (χ1) is 13.9. The van der Waals surface area contributed by atoms with Crippen LogP contribution in [0.1, 0.15) is 12.6 Å². The van der Waals surface area contributed by atoms with Gasteiger partial charge < -0.3 is 25.4 Å². The van der Waals surface area contributed by atoms with E-state index in [1.807, 2.05) is 0 Å². The summed E-state index contributed by atoms with van der Waals surface area (Å²) in [5, 5.41) is 10.2. The maximum Gasteiger partial charge on any atom is 0.492 e. The van der Waals surface area contributed by atoms with Gasteiger partial charge in [-0.3, -0.25) is 18.9 Å². The first-order valence-electron chi connectivity index (χ1n) is 7.96. The summed E-state index contributed by atoms with van der Waals surface area (Å²) >= 11 is 0. The Balaban J connectivity index is 1.49. The summed E-state index contributed by atoms with van der Waals surface area (Å²) in [5.74, 6) is -0.165. The van der Waals surface area contributed by atoms with E-state index in [4.69, 9.17) is 15.0 Å². The quantitative estimate of drug-likeness (QED) is 0.347. The van der Waals surface area contributed by atoms with Gasteiger partial charge in [0.15, 0.2) is 11.2 Å². The number of hydrogen-bond donors (Lipinski definition) is 5. The average molecular weight is 489 g/mol. The lowest BCUT2D eigenvalue weighted by atomic mass is 10.2. The number of aliphatic hydroxyl groups excluding tert-OH is 1. The molecule has 4 rings (SSSR count). The molecule has 20 heteroatoms. The van der Waals surface area contributed by atoms with Crippen molar-refractivity contribution in [3.8, 4) is 0 Å². The number of aliphatic hydroxyl groups is 1. The lowest BCUT2D eigenvalue weighted by Gasteiger charge is -2.27. The third kappa shape index (κ3) is 4.28. The van der Waals surface area contributed by atoms with E-state index in [1.54, 1.807) is 0 Å². The summed E-state index contributed by atoms with van der Waals surface area (Å²) in [6.07, 6.45) is -2.08. The minimum absolute atomic E-state index is 0.0205. The summed E-state index contributed by atoms with van der Waals surface area (Å²) < 4.78 is 58.8. The van der Waals surface area contributed by atoms with Gasteiger partial charge in [-0.25, -0.2) is 18.7 Å². The lowest BCUT2D eigenvalue weighted by Crippen LogP contribution is -2.26. The molecule has 2 aliphatic heterocycles. The third-order valence-corrected chi connectivity index (χ3v) is 9.34. The van der Waals surface area contributed by atoms with Crippen LogP contribution in [0, 0.1) is 0 Å². The summed E-state index contributed by atoms with van der Waals surface area (Å²) in [6, 6.07) is 0. The number of ether oxygens (including phenoxy) is 1. The molecule has 17 nitrogen and oxygen atoms in total. The molecular weight excluding hydrogens is 475 g/mol. The number of nitrogens with one attached hydrogen (secondary N) is 1. The van der Waals surface area contributed by atoms with Crippen LogP contribution in [-0.2, 0) is 35.9 Å². The van der Waals surface area contributed by atoms with Gasteiger partial charge in [-0.2, -0.15) is 17.9 Å². The van der Waals surface area contributed by atoms with Gasteiger partial charge in [0.1, 0.15) is 12.3 Å². The predicted molar refractivity (Wildman–Crippen MR) is 93.6 cm³/mol. The van der Waals surface area contributed by atoms with Crippen molar-refractivity contribution in [3.05, 3.63) is 16.7 Å². The molecule has 2 aromatic heterocycles. The van der Waals surface area contributed by atoms with Crippen LogP contribution >= 0.6 is 23.5 Å². The van der Waals surface area contributed by atoms with Gasteiger partial charge in [-0.15, -0.1) is 0 Å². The Morgan fingerprint density at radius 2 is 1.93 bits per heavy atom. The highest BCUT2D eigenvalue weighted by Gasteiger charge is 2.54. The second-order valence-corrected chi connectivity index (χ2v) is 11.1. The number of aromatic nitrogens is 4. The Morgan fingerprint density at radius 3 is 2.60 bits per heavy atom. The van der Waals surface area contributed by atoms with Crippen LogP contribution in [-0.4, -0.2) is 53.2 Å². The van der Waals surface area contributed by atoms with Gasteiger partial charge in [0.2, 0.25) is 5.95 Å². The Hall–Kier alpha value is -1.48. The van der Waals surface area contributed by atoms with E-state index >= 15 is 0 Å². The van der Waals surface area contributed by atoms with Crippen molar-refractivity contribution >= 4 is 40.6 Å². The topological polar surface area (TPSA) is 248 Å². The van der Waals surface area contributed by atoms with E-state index in [-0.39, 0.29) is 23.5 Å². The fourth-order valence-electron chi connectivity index (χ4n) is 2.83. The number of anilines is 1. The first-order valence-corrected chi connectivity index (χ1v) is 12.4. The van der Waals surface area contributed by atoms with Gasteiger partial charge in [0.05, 0.1) is 19.0 Å². The second kappa shape index (κ2) is 7.29. The van der Waals surface area contributed by atoms with Gasteiger partial charge in [0.25, 0.3) is 5.56 Å². The SMILES string of the molecule is Nc1nc2c(ncn2C2CC(O)C(COP3(=O)OP(=O)(O)OP(=O)(O)O3)O2)c(=O)[nH]1. The molecule has 2 fully saturated rings. The zero-order chi connectivity index (χ0) is 21.9. The van der Waals surface area contributed by atoms with Crippen molar-refractivity contribution in [3.63, 3.8) is 0 Å². The fourth-order valence-corrected chi connectivity index (χ4v) is 7.76.